The summed E-state index contributed by atoms with van der Waals surface area (Å²) >= 11 is 6.26. The Balaban J connectivity index is 1.54. The van der Waals surface area contributed by atoms with Crippen LogP contribution in [-0.4, -0.2) is 29.1 Å². The normalized spacial score (nSPS) is 15.1. The zero-order valence-corrected chi connectivity index (χ0v) is 19.2. The van der Waals surface area contributed by atoms with Crippen molar-refractivity contribution in [2.75, 3.05) is 13.2 Å². The second kappa shape index (κ2) is 8.97. The van der Waals surface area contributed by atoms with Crippen molar-refractivity contribution in [2.45, 2.75) is 19.6 Å². The van der Waals surface area contributed by atoms with Gasteiger partial charge in [-0.25, -0.2) is 0 Å². The Hall–Kier alpha value is -3.61. The number of β-amino-alcohol motifs (C(OH)–C–C–N with tert-alkyl or cyclic N) is 1. The van der Waals surface area contributed by atoms with Gasteiger partial charge in [0.05, 0.1) is 23.6 Å². The molecule has 1 N–H and O–H groups in total. The second-order valence-corrected chi connectivity index (χ2v) is 8.65. The highest BCUT2D eigenvalue weighted by atomic mass is 35.5. The zero-order chi connectivity index (χ0) is 23.8. The largest absolute Gasteiger partial charge is 0.489 e. The van der Waals surface area contributed by atoms with Crippen LogP contribution in [0.3, 0.4) is 0 Å². The highest BCUT2D eigenvalue weighted by Gasteiger charge is 2.42. The number of hydrogen-bond donors (Lipinski definition) is 1. The molecular formula is C27H22ClNO5. The minimum absolute atomic E-state index is 0.00192. The van der Waals surface area contributed by atoms with E-state index in [1.54, 1.807) is 31.2 Å². The first-order valence-corrected chi connectivity index (χ1v) is 11.3. The van der Waals surface area contributed by atoms with Gasteiger partial charge in [0.2, 0.25) is 5.76 Å². The molecule has 0 spiro atoms. The smallest absolute Gasteiger partial charge is 0.290 e. The predicted octanol–water partition coefficient (Wildman–Crippen LogP) is 4.87. The lowest BCUT2D eigenvalue weighted by Gasteiger charge is -2.24. The standard InChI is InChI=1S/C27H22ClNO5/c1-16-13-22-20(14-21(16)28)25(31)23-24(29(11-12-30)27(32)26(23)34-22)18-7-9-19(10-8-18)33-15-17-5-3-2-4-6-17/h2-10,13-14,24,30H,11-12,15H2,1H3/t24-/m1/s1. The van der Waals surface area contributed by atoms with Crippen LogP contribution in [0.2, 0.25) is 5.02 Å². The molecule has 5 rings (SSSR count). The molecule has 0 saturated heterocycles. The highest BCUT2D eigenvalue weighted by Crippen LogP contribution is 2.39. The number of carbonyl (C=O) groups is 1. The van der Waals surface area contributed by atoms with Crippen molar-refractivity contribution in [3.05, 3.63) is 110 Å². The molecule has 172 valence electrons. The van der Waals surface area contributed by atoms with E-state index in [-0.39, 0.29) is 29.9 Å². The molecule has 1 aliphatic rings. The number of carbonyl (C=O) groups excluding carboxylic acids is 1. The van der Waals surface area contributed by atoms with Gasteiger partial charge in [0.15, 0.2) is 5.43 Å². The lowest BCUT2D eigenvalue weighted by Crippen LogP contribution is -2.32. The van der Waals surface area contributed by atoms with E-state index in [4.69, 9.17) is 20.8 Å². The second-order valence-electron chi connectivity index (χ2n) is 8.24. The summed E-state index contributed by atoms with van der Waals surface area (Å²) in [5, 5.41) is 10.4. The average molecular weight is 476 g/mol. The van der Waals surface area contributed by atoms with Gasteiger partial charge in [-0.1, -0.05) is 54.1 Å². The summed E-state index contributed by atoms with van der Waals surface area (Å²) in [4.78, 5) is 28.1. The van der Waals surface area contributed by atoms with Crippen molar-refractivity contribution >= 4 is 28.5 Å². The Morgan fingerprint density at radius 2 is 1.79 bits per heavy atom. The average Bonchev–Trinajstić information content (AvgIpc) is 3.12. The van der Waals surface area contributed by atoms with Crippen molar-refractivity contribution < 1.29 is 19.1 Å². The number of rotatable bonds is 6. The van der Waals surface area contributed by atoms with E-state index in [9.17, 15) is 14.7 Å². The number of benzene rings is 3. The van der Waals surface area contributed by atoms with Crippen LogP contribution in [0.5, 0.6) is 5.75 Å². The first-order valence-electron chi connectivity index (χ1n) is 10.9. The molecule has 0 unspecified atom stereocenters. The SMILES string of the molecule is Cc1cc2oc3c(c(=O)c2cc1Cl)[C@@H](c1ccc(OCc2ccccc2)cc1)N(CCO)C3=O. The highest BCUT2D eigenvalue weighted by molar-refractivity contribution is 6.32. The maximum atomic E-state index is 13.5. The number of aliphatic hydroxyl groups is 1. The molecule has 1 atom stereocenters. The number of ether oxygens (including phenoxy) is 1. The summed E-state index contributed by atoms with van der Waals surface area (Å²) in [6.07, 6.45) is 0. The van der Waals surface area contributed by atoms with E-state index in [0.29, 0.717) is 28.3 Å². The molecule has 1 aliphatic heterocycles. The number of nitrogens with zero attached hydrogens (tertiary/aromatic N) is 1. The van der Waals surface area contributed by atoms with Crippen LogP contribution in [0, 0.1) is 6.92 Å². The molecule has 0 aliphatic carbocycles. The number of halogens is 1. The Labute approximate surface area is 201 Å². The van der Waals surface area contributed by atoms with Gasteiger partial charge in [0.1, 0.15) is 17.9 Å². The van der Waals surface area contributed by atoms with Crippen LogP contribution in [0.1, 0.15) is 38.9 Å². The number of aliphatic hydroxyl groups excluding tert-OH is 1. The molecule has 34 heavy (non-hydrogen) atoms. The van der Waals surface area contributed by atoms with Crippen molar-refractivity contribution in [2.24, 2.45) is 0 Å². The van der Waals surface area contributed by atoms with Gasteiger partial charge in [-0.3, -0.25) is 9.59 Å². The summed E-state index contributed by atoms with van der Waals surface area (Å²) in [5.41, 5.74) is 2.78. The minimum Gasteiger partial charge on any atom is -0.489 e. The topological polar surface area (TPSA) is 80.0 Å². The maximum absolute atomic E-state index is 13.5. The molecular weight excluding hydrogens is 454 g/mol. The van der Waals surface area contributed by atoms with Crippen molar-refractivity contribution in [3.8, 4) is 5.75 Å². The number of amides is 1. The van der Waals surface area contributed by atoms with E-state index >= 15 is 0 Å². The Bertz CT molecular complexity index is 1430. The van der Waals surface area contributed by atoms with Gasteiger partial charge in [0.25, 0.3) is 5.91 Å². The van der Waals surface area contributed by atoms with Gasteiger partial charge in [-0.2, -0.15) is 0 Å². The molecule has 2 heterocycles. The Kier molecular flexibility index (Phi) is 5.86. The molecule has 1 aromatic heterocycles. The molecule has 1 amide bonds. The molecule has 0 fully saturated rings. The van der Waals surface area contributed by atoms with Crippen LogP contribution in [0.25, 0.3) is 11.0 Å². The molecule has 7 heteroatoms. The van der Waals surface area contributed by atoms with Crippen LogP contribution in [-0.2, 0) is 6.61 Å². The first kappa shape index (κ1) is 22.2. The van der Waals surface area contributed by atoms with Gasteiger partial charge >= 0.3 is 0 Å². The van der Waals surface area contributed by atoms with Crippen molar-refractivity contribution in [1.29, 1.82) is 0 Å². The van der Waals surface area contributed by atoms with Gasteiger partial charge < -0.3 is 19.2 Å². The Morgan fingerprint density at radius 1 is 1.06 bits per heavy atom. The van der Waals surface area contributed by atoms with Gasteiger partial charge in [0, 0.05) is 11.6 Å². The quantitative estimate of drug-likeness (QED) is 0.430. The molecule has 0 bridgehead atoms. The van der Waals surface area contributed by atoms with Crippen molar-refractivity contribution in [1.82, 2.24) is 4.90 Å². The maximum Gasteiger partial charge on any atom is 0.290 e. The number of hydrogen-bond acceptors (Lipinski definition) is 5. The minimum atomic E-state index is -0.682. The van der Waals surface area contributed by atoms with Crippen molar-refractivity contribution in [3.63, 3.8) is 0 Å². The molecule has 0 radical (unpaired) electrons. The lowest BCUT2D eigenvalue weighted by molar-refractivity contribution is 0.0691. The monoisotopic (exact) mass is 475 g/mol. The summed E-state index contributed by atoms with van der Waals surface area (Å²) < 4.78 is 11.8. The van der Waals surface area contributed by atoms with Crippen LogP contribution >= 0.6 is 11.6 Å². The van der Waals surface area contributed by atoms with Crippen LogP contribution < -0.4 is 10.2 Å². The third-order valence-corrected chi connectivity index (χ3v) is 6.44. The molecule has 0 saturated carbocycles. The van der Waals surface area contributed by atoms with Crippen LogP contribution in [0.15, 0.2) is 75.9 Å². The fourth-order valence-corrected chi connectivity index (χ4v) is 4.48. The summed E-state index contributed by atoms with van der Waals surface area (Å²) in [6, 6.07) is 19.6. The fourth-order valence-electron chi connectivity index (χ4n) is 4.31. The molecule has 4 aromatic rings. The van der Waals surface area contributed by atoms with E-state index < -0.39 is 11.9 Å². The Morgan fingerprint density at radius 3 is 2.50 bits per heavy atom. The number of fused-ring (bicyclic) bond motifs is 2. The summed E-state index contributed by atoms with van der Waals surface area (Å²) in [6.45, 7) is 2.05. The van der Waals surface area contributed by atoms with Gasteiger partial charge in [-0.15, -0.1) is 0 Å². The van der Waals surface area contributed by atoms with E-state index in [0.717, 1.165) is 16.7 Å². The third-order valence-electron chi connectivity index (χ3n) is 6.03. The van der Waals surface area contributed by atoms with Gasteiger partial charge in [-0.05, 0) is 47.9 Å². The fraction of sp³-hybridized carbons (Fsp3) is 0.185. The van der Waals surface area contributed by atoms with Crippen LogP contribution in [0.4, 0.5) is 0 Å². The molecule has 6 nitrogen and oxygen atoms in total. The summed E-state index contributed by atoms with van der Waals surface area (Å²) in [5.74, 6) is 0.241. The van der Waals surface area contributed by atoms with E-state index in [1.165, 1.54) is 4.90 Å². The third kappa shape index (κ3) is 3.85. The first-order chi connectivity index (χ1) is 16.5. The lowest BCUT2D eigenvalue weighted by atomic mass is 9.98. The predicted molar refractivity (Wildman–Crippen MR) is 129 cm³/mol. The van der Waals surface area contributed by atoms with E-state index in [2.05, 4.69) is 0 Å². The number of aryl methyl sites for hydroxylation is 1. The molecule has 3 aromatic carbocycles. The summed E-state index contributed by atoms with van der Waals surface area (Å²) in [7, 11) is 0. The van der Waals surface area contributed by atoms with E-state index in [1.807, 2.05) is 42.5 Å². The zero-order valence-electron chi connectivity index (χ0n) is 18.5.